The van der Waals surface area contributed by atoms with Gasteiger partial charge < -0.3 is 0 Å². The van der Waals surface area contributed by atoms with Gasteiger partial charge in [0.2, 0.25) is 10.0 Å². The highest BCUT2D eigenvalue weighted by atomic mass is 32.2. The highest BCUT2D eigenvalue weighted by molar-refractivity contribution is 7.89. The van der Waals surface area contributed by atoms with E-state index in [0.29, 0.717) is 12.3 Å². The van der Waals surface area contributed by atoms with Crippen LogP contribution in [0.1, 0.15) is 33.1 Å². The Morgan fingerprint density at radius 1 is 1.50 bits per heavy atom. The number of sulfonamides is 1. The molecule has 0 aliphatic heterocycles. The van der Waals surface area contributed by atoms with Crippen LogP contribution >= 0.6 is 0 Å². The quantitative estimate of drug-likeness (QED) is 0.689. The molecule has 1 atom stereocenters. The maximum atomic E-state index is 10.5. The van der Waals surface area contributed by atoms with Gasteiger partial charge in [-0.2, -0.15) is 0 Å². The monoisotopic (exact) mass is 192 g/mol. The highest BCUT2D eigenvalue weighted by Gasteiger charge is 2.05. The fourth-order valence-electron chi connectivity index (χ4n) is 1.09. The van der Waals surface area contributed by atoms with Crippen LogP contribution in [0.5, 0.6) is 0 Å². The summed E-state index contributed by atoms with van der Waals surface area (Å²) in [6, 6.07) is 0. The third-order valence-corrected chi connectivity index (χ3v) is 2.52. The molecule has 0 heterocycles. The summed E-state index contributed by atoms with van der Waals surface area (Å²) in [5.74, 6) is 0.567. The van der Waals surface area contributed by atoms with Gasteiger partial charge in [-0.25, -0.2) is 13.6 Å². The van der Waals surface area contributed by atoms with Gasteiger partial charge in [-0.1, -0.05) is 26.7 Å². The standard InChI is InChI=1S/C8H18NO2S/c1-3-5-8(2)6-4-7-12(9,10)11/h6,8H,3-5,7H2,1-2H3,(H2,9,10,11). The van der Waals surface area contributed by atoms with Crippen molar-refractivity contribution >= 4 is 10.0 Å². The van der Waals surface area contributed by atoms with Gasteiger partial charge in [-0.05, 0) is 18.8 Å². The van der Waals surface area contributed by atoms with Crippen LogP contribution < -0.4 is 5.14 Å². The highest BCUT2D eigenvalue weighted by Crippen LogP contribution is 2.10. The van der Waals surface area contributed by atoms with Crippen LogP contribution in [0.3, 0.4) is 0 Å². The van der Waals surface area contributed by atoms with Crippen LogP contribution in [0.2, 0.25) is 0 Å². The molecule has 0 aromatic heterocycles. The second-order valence-corrected chi connectivity index (χ2v) is 4.89. The molecule has 0 saturated heterocycles. The minimum Gasteiger partial charge on any atom is -0.229 e. The molecule has 0 rings (SSSR count). The predicted molar refractivity (Wildman–Crippen MR) is 51.0 cm³/mol. The Labute approximate surface area is 75.4 Å². The lowest BCUT2D eigenvalue weighted by Gasteiger charge is -2.07. The second-order valence-electron chi connectivity index (χ2n) is 3.16. The SMILES string of the molecule is CCCC(C)[CH]CCS(N)(=O)=O. The lowest BCUT2D eigenvalue weighted by atomic mass is 10.0. The average molecular weight is 192 g/mol. The molecule has 0 aromatic carbocycles. The Bertz CT molecular complexity index is 199. The topological polar surface area (TPSA) is 60.2 Å². The summed E-state index contributed by atoms with van der Waals surface area (Å²) >= 11 is 0. The molecule has 3 nitrogen and oxygen atoms in total. The summed E-state index contributed by atoms with van der Waals surface area (Å²) in [7, 11) is -3.27. The molecule has 2 N–H and O–H groups in total. The van der Waals surface area contributed by atoms with E-state index >= 15 is 0 Å². The summed E-state index contributed by atoms with van der Waals surface area (Å²) < 4.78 is 21.1. The van der Waals surface area contributed by atoms with E-state index < -0.39 is 10.0 Å². The van der Waals surface area contributed by atoms with Crippen LogP contribution in [0.15, 0.2) is 0 Å². The molecule has 0 saturated carbocycles. The summed E-state index contributed by atoms with van der Waals surface area (Å²) in [4.78, 5) is 0. The second kappa shape index (κ2) is 5.54. The van der Waals surface area contributed by atoms with Crippen molar-refractivity contribution in [2.45, 2.75) is 33.1 Å². The Balaban J connectivity index is 3.44. The Hall–Kier alpha value is -0.0900. The van der Waals surface area contributed by atoms with Crippen molar-refractivity contribution in [3.63, 3.8) is 0 Å². The predicted octanol–water partition coefficient (Wildman–Crippen LogP) is 1.31. The van der Waals surface area contributed by atoms with Gasteiger partial charge in [0.25, 0.3) is 0 Å². The van der Waals surface area contributed by atoms with Gasteiger partial charge in [-0.3, -0.25) is 0 Å². The minimum absolute atomic E-state index is 0.0705. The van der Waals surface area contributed by atoms with Crippen molar-refractivity contribution in [2.24, 2.45) is 11.1 Å². The zero-order chi connectivity index (χ0) is 9.61. The van der Waals surface area contributed by atoms with Crippen LogP contribution in [0.25, 0.3) is 0 Å². The molecular formula is C8H18NO2S. The van der Waals surface area contributed by atoms with E-state index in [9.17, 15) is 8.42 Å². The Morgan fingerprint density at radius 3 is 2.50 bits per heavy atom. The van der Waals surface area contributed by atoms with E-state index in [0.717, 1.165) is 12.8 Å². The van der Waals surface area contributed by atoms with Crippen LogP contribution in [0.4, 0.5) is 0 Å². The number of rotatable bonds is 6. The van der Waals surface area contributed by atoms with Crippen molar-refractivity contribution < 1.29 is 8.42 Å². The molecule has 0 fully saturated rings. The van der Waals surface area contributed by atoms with Crippen molar-refractivity contribution in [3.8, 4) is 0 Å². The van der Waals surface area contributed by atoms with E-state index in [-0.39, 0.29) is 5.75 Å². The maximum absolute atomic E-state index is 10.5. The Morgan fingerprint density at radius 2 is 2.08 bits per heavy atom. The summed E-state index contributed by atoms with van der Waals surface area (Å²) in [5, 5.41) is 4.85. The van der Waals surface area contributed by atoms with E-state index in [4.69, 9.17) is 5.14 Å². The molecule has 0 bridgehead atoms. The van der Waals surface area contributed by atoms with Gasteiger partial charge in [0, 0.05) is 0 Å². The van der Waals surface area contributed by atoms with Crippen LogP contribution in [-0.2, 0) is 10.0 Å². The number of hydrogen-bond acceptors (Lipinski definition) is 2. The Kier molecular flexibility index (Phi) is 5.50. The van der Waals surface area contributed by atoms with Gasteiger partial charge in [0.1, 0.15) is 0 Å². The molecular weight excluding hydrogens is 174 g/mol. The first kappa shape index (κ1) is 11.9. The van der Waals surface area contributed by atoms with Crippen LogP contribution in [0, 0.1) is 12.3 Å². The smallest absolute Gasteiger partial charge is 0.209 e. The van der Waals surface area contributed by atoms with Crippen molar-refractivity contribution in [3.05, 3.63) is 6.42 Å². The fourth-order valence-corrected chi connectivity index (χ4v) is 1.55. The summed E-state index contributed by atoms with van der Waals surface area (Å²) in [6.07, 6.45) is 4.84. The molecule has 12 heavy (non-hydrogen) atoms. The van der Waals surface area contributed by atoms with Gasteiger partial charge in [-0.15, -0.1) is 0 Å². The average Bonchev–Trinajstić information content (AvgIpc) is 1.84. The molecule has 4 heteroatoms. The third-order valence-electron chi connectivity index (χ3n) is 1.72. The molecule has 0 aromatic rings. The number of nitrogens with two attached hydrogens (primary N) is 1. The van der Waals surface area contributed by atoms with Gasteiger partial charge in [0.15, 0.2) is 0 Å². The zero-order valence-electron chi connectivity index (χ0n) is 7.79. The first-order chi connectivity index (χ1) is 5.45. The lowest BCUT2D eigenvalue weighted by molar-refractivity contribution is 0.570. The largest absolute Gasteiger partial charge is 0.229 e. The van der Waals surface area contributed by atoms with Crippen molar-refractivity contribution in [2.75, 3.05) is 5.75 Å². The molecule has 73 valence electrons. The minimum atomic E-state index is -3.27. The van der Waals surface area contributed by atoms with Gasteiger partial charge in [0.05, 0.1) is 5.75 Å². The van der Waals surface area contributed by atoms with Crippen LogP contribution in [-0.4, -0.2) is 14.2 Å². The van der Waals surface area contributed by atoms with Crippen molar-refractivity contribution in [1.82, 2.24) is 0 Å². The molecule has 1 unspecified atom stereocenters. The van der Waals surface area contributed by atoms with E-state index in [1.807, 2.05) is 6.42 Å². The first-order valence-electron chi connectivity index (χ1n) is 4.29. The molecule has 1 radical (unpaired) electrons. The summed E-state index contributed by atoms with van der Waals surface area (Å²) in [6.45, 7) is 4.21. The van der Waals surface area contributed by atoms with E-state index in [1.54, 1.807) is 0 Å². The molecule has 0 amide bonds. The number of hydrogen-bond donors (Lipinski definition) is 1. The fraction of sp³-hybridized carbons (Fsp3) is 0.875. The van der Waals surface area contributed by atoms with Gasteiger partial charge >= 0.3 is 0 Å². The number of primary sulfonamides is 1. The molecule has 0 aliphatic rings. The van der Waals surface area contributed by atoms with E-state index in [2.05, 4.69) is 13.8 Å². The summed E-state index contributed by atoms with van der Waals surface area (Å²) in [5.41, 5.74) is 0. The molecule has 0 spiro atoms. The van der Waals surface area contributed by atoms with Crippen molar-refractivity contribution in [1.29, 1.82) is 0 Å². The van der Waals surface area contributed by atoms with E-state index in [1.165, 1.54) is 0 Å². The maximum Gasteiger partial charge on any atom is 0.209 e. The lowest BCUT2D eigenvalue weighted by Crippen LogP contribution is -2.17. The first-order valence-corrected chi connectivity index (χ1v) is 6.01. The normalized spacial score (nSPS) is 14.6. The zero-order valence-corrected chi connectivity index (χ0v) is 8.60. The molecule has 0 aliphatic carbocycles. The third kappa shape index (κ3) is 8.01.